The molecule has 4 nitrogen and oxygen atoms in total. The summed E-state index contributed by atoms with van der Waals surface area (Å²) in [6.45, 7) is 9.31. The van der Waals surface area contributed by atoms with Crippen LogP contribution in [0.1, 0.15) is 42.3 Å². The first-order chi connectivity index (χ1) is 12.1. The zero-order chi connectivity index (χ0) is 19.2. The number of benzene rings is 1. The third-order valence-corrected chi connectivity index (χ3v) is 4.98. The van der Waals surface area contributed by atoms with Gasteiger partial charge in [0, 0.05) is 16.2 Å². The van der Waals surface area contributed by atoms with Gasteiger partial charge in [-0.05, 0) is 57.9 Å². The molecule has 3 aromatic rings. The first-order valence-electron chi connectivity index (χ1n) is 8.25. The minimum atomic E-state index is -0.591. The maximum Gasteiger partial charge on any atom is 0.342 e. The van der Waals surface area contributed by atoms with Gasteiger partial charge in [-0.2, -0.15) is 0 Å². The number of carbonyl (C=O) groups is 1. The number of esters is 1. The lowest BCUT2D eigenvalue weighted by atomic mass is 10.1. The summed E-state index contributed by atoms with van der Waals surface area (Å²) in [5, 5.41) is 0.311. The van der Waals surface area contributed by atoms with Crippen molar-refractivity contribution in [3.63, 3.8) is 0 Å². The number of aromatic nitrogens is 2. The zero-order valence-corrected chi connectivity index (χ0v) is 17.7. The van der Waals surface area contributed by atoms with Crippen molar-refractivity contribution < 1.29 is 9.53 Å². The summed E-state index contributed by atoms with van der Waals surface area (Å²) in [5.41, 5.74) is 3.96. The van der Waals surface area contributed by atoms with E-state index in [0.29, 0.717) is 10.7 Å². The van der Waals surface area contributed by atoms with Crippen LogP contribution in [0.3, 0.4) is 0 Å². The number of rotatable bonds is 2. The molecule has 2 aromatic heterocycles. The molecule has 6 heteroatoms. The van der Waals surface area contributed by atoms with Crippen molar-refractivity contribution in [3.8, 4) is 11.3 Å². The molecule has 0 bridgehead atoms. The van der Waals surface area contributed by atoms with Crippen LogP contribution in [-0.4, -0.2) is 21.0 Å². The molecule has 0 atom stereocenters. The number of fused-ring (bicyclic) bond motifs is 1. The second kappa shape index (κ2) is 6.71. The quantitative estimate of drug-likeness (QED) is 0.367. The van der Waals surface area contributed by atoms with Gasteiger partial charge >= 0.3 is 5.97 Å². The minimum absolute atomic E-state index is 0.311. The molecular formula is C20H20BrClN2O2. The molecular weight excluding hydrogens is 416 g/mol. The van der Waals surface area contributed by atoms with Crippen molar-refractivity contribution in [1.29, 1.82) is 0 Å². The Morgan fingerprint density at radius 3 is 2.54 bits per heavy atom. The standard InChI is InChI=1S/C20H20BrClN2O2/c1-11-12(2)18-23-15(13-7-6-8-14(21)9-13)10-24(18)17(22)16(11)19(25)26-20(3,4)5/h6-10H,1-5H3. The fourth-order valence-electron chi connectivity index (χ4n) is 2.78. The van der Waals surface area contributed by atoms with Crippen LogP contribution in [0.4, 0.5) is 0 Å². The monoisotopic (exact) mass is 434 g/mol. The average Bonchev–Trinajstić information content (AvgIpc) is 2.97. The van der Waals surface area contributed by atoms with Crippen molar-refractivity contribution in [2.75, 3.05) is 0 Å². The molecule has 0 unspecified atom stereocenters. The second-order valence-corrected chi connectivity index (χ2v) is 8.52. The van der Waals surface area contributed by atoms with E-state index in [1.54, 1.807) is 4.40 Å². The second-order valence-electron chi connectivity index (χ2n) is 7.25. The predicted molar refractivity (Wildman–Crippen MR) is 108 cm³/mol. The van der Waals surface area contributed by atoms with Gasteiger partial charge in [-0.25, -0.2) is 9.78 Å². The highest BCUT2D eigenvalue weighted by Crippen LogP contribution is 2.31. The van der Waals surface area contributed by atoms with Gasteiger partial charge in [0.1, 0.15) is 16.4 Å². The van der Waals surface area contributed by atoms with Crippen LogP contribution in [0.15, 0.2) is 34.9 Å². The third-order valence-electron chi connectivity index (χ3n) is 4.12. The number of hydrogen-bond acceptors (Lipinski definition) is 3. The van der Waals surface area contributed by atoms with Crippen molar-refractivity contribution in [1.82, 2.24) is 9.38 Å². The number of aryl methyl sites for hydroxylation is 1. The lowest BCUT2D eigenvalue weighted by molar-refractivity contribution is 0.00683. The molecule has 2 heterocycles. The summed E-state index contributed by atoms with van der Waals surface area (Å²) in [4.78, 5) is 17.4. The Balaban J connectivity index is 2.20. The lowest BCUT2D eigenvalue weighted by Gasteiger charge is -2.21. The Hall–Kier alpha value is -1.85. The van der Waals surface area contributed by atoms with Gasteiger partial charge < -0.3 is 4.74 Å². The van der Waals surface area contributed by atoms with E-state index in [0.717, 1.165) is 32.5 Å². The van der Waals surface area contributed by atoms with Gasteiger partial charge in [-0.1, -0.05) is 39.7 Å². The molecule has 0 aliphatic carbocycles. The van der Waals surface area contributed by atoms with Gasteiger partial charge in [0.25, 0.3) is 0 Å². The third kappa shape index (κ3) is 3.51. The van der Waals surface area contributed by atoms with Crippen molar-refractivity contribution in [2.24, 2.45) is 0 Å². The number of imidazole rings is 1. The highest BCUT2D eigenvalue weighted by Gasteiger charge is 2.25. The number of carbonyl (C=O) groups excluding carboxylic acids is 1. The summed E-state index contributed by atoms with van der Waals surface area (Å²) in [5.74, 6) is -0.428. The Morgan fingerprint density at radius 1 is 1.23 bits per heavy atom. The maximum atomic E-state index is 12.7. The van der Waals surface area contributed by atoms with Gasteiger partial charge in [0.15, 0.2) is 0 Å². The first kappa shape index (κ1) is 18.9. The normalized spacial score (nSPS) is 11.8. The fourth-order valence-corrected chi connectivity index (χ4v) is 3.53. The summed E-state index contributed by atoms with van der Waals surface area (Å²) < 4.78 is 8.26. The average molecular weight is 436 g/mol. The highest BCUT2D eigenvalue weighted by atomic mass is 79.9. The molecule has 0 spiro atoms. The van der Waals surface area contributed by atoms with Crippen molar-refractivity contribution >= 4 is 39.1 Å². The number of pyridine rings is 1. The van der Waals surface area contributed by atoms with E-state index in [4.69, 9.17) is 21.3 Å². The van der Waals surface area contributed by atoms with Crippen LogP contribution in [0, 0.1) is 13.8 Å². The summed E-state index contributed by atoms with van der Waals surface area (Å²) >= 11 is 10.1. The van der Waals surface area contributed by atoms with Crippen molar-refractivity contribution in [3.05, 3.63) is 56.8 Å². The molecule has 0 N–H and O–H groups in total. The topological polar surface area (TPSA) is 43.6 Å². The van der Waals surface area contributed by atoms with E-state index in [1.807, 2.05) is 65.1 Å². The van der Waals surface area contributed by atoms with Crippen LogP contribution in [-0.2, 0) is 4.74 Å². The summed E-state index contributed by atoms with van der Waals surface area (Å²) in [6.07, 6.45) is 1.85. The predicted octanol–water partition coefficient (Wildman–Crippen LogP) is 5.99. The van der Waals surface area contributed by atoms with Crippen LogP contribution in [0.5, 0.6) is 0 Å². The molecule has 0 saturated heterocycles. The highest BCUT2D eigenvalue weighted by molar-refractivity contribution is 9.10. The van der Waals surface area contributed by atoms with E-state index in [9.17, 15) is 4.79 Å². The number of nitrogens with zero attached hydrogens (tertiary/aromatic N) is 2. The smallest absolute Gasteiger partial charge is 0.342 e. The first-order valence-corrected chi connectivity index (χ1v) is 9.42. The van der Waals surface area contributed by atoms with Gasteiger partial charge in [0.2, 0.25) is 0 Å². The summed E-state index contributed by atoms with van der Waals surface area (Å²) in [7, 11) is 0. The van der Waals surface area contributed by atoms with E-state index in [-0.39, 0.29) is 0 Å². The largest absolute Gasteiger partial charge is 0.456 e. The van der Waals surface area contributed by atoms with Gasteiger partial charge in [0.05, 0.1) is 11.3 Å². The molecule has 0 radical (unpaired) electrons. The maximum absolute atomic E-state index is 12.7. The molecule has 0 fully saturated rings. The summed E-state index contributed by atoms with van der Waals surface area (Å²) in [6, 6.07) is 7.89. The molecule has 0 amide bonds. The molecule has 0 aliphatic heterocycles. The van der Waals surface area contributed by atoms with Gasteiger partial charge in [-0.3, -0.25) is 4.40 Å². The van der Waals surface area contributed by atoms with Crippen LogP contribution in [0.25, 0.3) is 16.9 Å². The number of hydrogen-bond donors (Lipinski definition) is 0. The van der Waals surface area contributed by atoms with E-state index < -0.39 is 11.6 Å². The number of ether oxygens (including phenoxy) is 1. The van der Waals surface area contributed by atoms with E-state index >= 15 is 0 Å². The molecule has 26 heavy (non-hydrogen) atoms. The molecule has 0 aliphatic rings. The van der Waals surface area contributed by atoms with Crippen molar-refractivity contribution in [2.45, 2.75) is 40.2 Å². The number of halogens is 2. The molecule has 0 saturated carbocycles. The van der Waals surface area contributed by atoms with Gasteiger partial charge in [-0.15, -0.1) is 0 Å². The Bertz CT molecular complexity index is 1020. The fraction of sp³-hybridized carbons (Fsp3) is 0.300. The SMILES string of the molecule is Cc1c(C(=O)OC(C)(C)C)c(Cl)n2cc(-c3cccc(Br)c3)nc2c1C. The molecule has 136 valence electrons. The van der Waals surface area contributed by atoms with Crippen LogP contribution in [0.2, 0.25) is 5.15 Å². The van der Waals surface area contributed by atoms with E-state index in [2.05, 4.69) is 15.9 Å². The molecule has 1 aromatic carbocycles. The Morgan fingerprint density at radius 2 is 1.92 bits per heavy atom. The zero-order valence-electron chi connectivity index (χ0n) is 15.4. The van der Waals surface area contributed by atoms with Crippen LogP contribution < -0.4 is 0 Å². The Labute approximate surface area is 166 Å². The minimum Gasteiger partial charge on any atom is -0.456 e. The Kier molecular flexibility index (Phi) is 4.88. The van der Waals surface area contributed by atoms with E-state index in [1.165, 1.54) is 0 Å². The lowest BCUT2D eigenvalue weighted by Crippen LogP contribution is -2.25. The van der Waals surface area contributed by atoms with Crippen LogP contribution >= 0.6 is 27.5 Å². The molecule has 3 rings (SSSR count).